The van der Waals surface area contributed by atoms with Gasteiger partial charge in [0.1, 0.15) is 5.75 Å². The minimum atomic E-state index is 0.0233. The Morgan fingerprint density at radius 3 is 2.82 bits per heavy atom. The van der Waals surface area contributed by atoms with Gasteiger partial charge in [0.15, 0.2) is 0 Å². The van der Waals surface area contributed by atoms with Gasteiger partial charge in [0.2, 0.25) is 5.91 Å². The molecule has 0 aliphatic carbocycles. The van der Waals surface area contributed by atoms with Crippen LogP contribution in [0.5, 0.6) is 5.75 Å². The molecule has 0 fully saturated rings. The summed E-state index contributed by atoms with van der Waals surface area (Å²) in [5.74, 6) is 1.23. The Kier molecular flexibility index (Phi) is 6.34. The third-order valence-corrected chi connectivity index (χ3v) is 4.79. The summed E-state index contributed by atoms with van der Waals surface area (Å²) < 4.78 is 6.22. The summed E-state index contributed by atoms with van der Waals surface area (Å²) in [5.41, 5.74) is 2.19. The lowest BCUT2D eigenvalue weighted by Gasteiger charge is -2.08. The molecule has 1 N–H and O–H groups in total. The second-order valence-corrected chi connectivity index (χ2v) is 6.76. The van der Waals surface area contributed by atoms with Crippen LogP contribution in [0.3, 0.4) is 0 Å². The van der Waals surface area contributed by atoms with Crippen molar-refractivity contribution in [3.63, 3.8) is 0 Å². The molecule has 0 aliphatic rings. The molecule has 0 atom stereocenters. The number of amides is 1. The fourth-order valence-corrected chi connectivity index (χ4v) is 3.27. The number of hydrogen-bond donors (Lipinski definition) is 1. The Hall–Kier alpha value is -1.46. The monoisotopic (exact) mass is 379 g/mol. The van der Waals surface area contributed by atoms with Gasteiger partial charge in [-0.05, 0) is 48.4 Å². The SMILES string of the molecule is COc1cccc(CNC(=O)CSc2ccc(Br)cc2C)c1. The Labute approximate surface area is 143 Å². The number of aryl methyl sites for hydroxylation is 1. The molecular formula is C17H18BrNO2S. The number of nitrogens with one attached hydrogen (secondary N) is 1. The van der Waals surface area contributed by atoms with Gasteiger partial charge in [0, 0.05) is 15.9 Å². The highest BCUT2D eigenvalue weighted by Crippen LogP contribution is 2.25. The van der Waals surface area contributed by atoms with Crippen molar-refractivity contribution < 1.29 is 9.53 Å². The Bertz CT molecular complexity index is 661. The summed E-state index contributed by atoms with van der Waals surface area (Å²) in [5, 5.41) is 2.93. The van der Waals surface area contributed by atoms with E-state index in [1.54, 1.807) is 18.9 Å². The third kappa shape index (κ3) is 5.07. The predicted octanol–water partition coefficient (Wildman–Crippen LogP) is 4.17. The van der Waals surface area contributed by atoms with Gasteiger partial charge in [0.25, 0.3) is 0 Å². The molecule has 0 aliphatic heterocycles. The van der Waals surface area contributed by atoms with E-state index in [-0.39, 0.29) is 5.91 Å². The first-order chi connectivity index (χ1) is 10.6. The first-order valence-corrected chi connectivity index (χ1v) is 8.65. The fraction of sp³-hybridized carbons (Fsp3) is 0.235. The van der Waals surface area contributed by atoms with Gasteiger partial charge >= 0.3 is 0 Å². The largest absolute Gasteiger partial charge is 0.497 e. The van der Waals surface area contributed by atoms with Gasteiger partial charge in [-0.1, -0.05) is 28.1 Å². The van der Waals surface area contributed by atoms with Crippen molar-refractivity contribution in [2.75, 3.05) is 12.9 Å². The minimum Gasteiger partial charge on any atom is -0.497 e. The zero-order chi connectivity index (χ0) is 15.9. The first kappa shape index (κ1) is 16.9. The molecule has 0 saturated heterocycles. The summed E-state index contributed by atoms with van der Waals surface area (Å²) in [7, 11) is 1.63. The van der Waals surface area contributed by atoms with E-state index in [0.717, 1.165) is 20.7 Å². The van der Waals surface area contributed by atoms with Crippen LogP contribution in [0.15, 0.2) is 51.8 Å². The number of carbonyl (C=O) groups excluding carboxylic acids is 1. The lowest BCUT2D eigenvalue weighted by molar-refractivity contribution is -0.118. The third-order valence-electron chi connectivity index (χ3n) is 3.12. The summed E-state index contributed by atoms with van der Waals surface area (Å²) in [6.07, 6.45) is 0. The van der Waals surface area contributed by atoms with Crippen LogP contribution in [0.1, 0.15) is 11.1 Å². The Balaban J connectivity index is 1.82. The minimum absolute atomic E-state index is 0.0233. The Morgan fingerprint density at radius 2 is 2.09 bits per heavy atom. The van der Waals surface area contributed by atoms with Crippen LogP contribution in [0.2, 0.25) is 0 Å². The van der Waals surface area contributed by atoms with Crippen LogP contribution >= 0.6 is 27.7 Å². The number of ether oxygens (including phenoxy) is 1. The van der Waals surface area contributed by atoms with Crippen LogP contribution in [0.25, 0.3) is 0 Å². The van der Waals surface area contributed by atoms with E-state index in [0.29, 0.717) is 12.3 Å². The number of rotatable bonds is 6. The molecule has 3 nitrogen and oxygen atoms in total. The summed E-state index contributed by atoms with van der Waals surface area (Å²) in [6, 6.07) is 13.8. The molecule has 2 rings (SSSR count). The maximum atomic E-state index is 11.9. The fourth-order valence-electron chi connectivity index (χ4n) is 1.95. The number of benzene rings is 2. The van der Waals surface area contributed by atoms with Gasteiger partial charge in [-0.25, -0.2) is 0 Å². The van der Waals surface area contributed by atoms with Crippen molar-refractivity contribution in [3.05, 3.63) is 58.1 Å². The molecular weight excluding hydrogens is 362 g/mol. The van der Waals surface area contributed by atoms with E-state index in [9.17, 15) is 4.79 Å². The molecule has 0 spiro atoms. The van der Waals surface area contributed by atoms with Crippen LogP contribution in [-0.2, 0) is 11.3 Å². The standard InChI is InChI=1S/C17H18BrNO2S/c1-12-8-14(18)6-7-16(12)22-11-17(20)19-10-13-4-3-5-15(9-13)21-2/h3-9H,10-11H2,1-2H3,(H,19,20). The molecule has 5 heteroatoms. The highest BCUT2D eigenvalue weighted by molar-refractivity contribution is 9.10. The average Bonchev–Trinajstić information content (AvgIpc) is 2.52. The summed E-state index contributed by atoms with van der Waals surface area (Å²) >= 11 is 4.99. The van der Waals surface area contributed by atoms with E-state index in [1.807, 2.05) is 43.3 Å². The molecule has 2 aromatic carbocycles. The molecule has 116 valence electrons. The average molecular weight is 380 g/mol. The van der Waals surface area contributed by atoms with Crippen LogP contribution in [0.4, 0.5) is 0 Å². The van der Waals surface area contributed by atoms with Gasteiger partial charge in [-0.3, -0.25) is 4.79 Å². The van der Waals surface area contributed by atoms with Crippen molar-refractivity contribution in [1.82, 2.24) is 5.32 Å². The van der Waals surface area contributed by atoms with E-state index in [2.05, 4.69) is 27.3 Å². The van der Waals surface area contributed by atoms with Crippen molar-refractivity contribution in [2.24, 2.45) is 0 Å². The van der Waals surface area contributed by atoms with Gasteiger partial charge in [-0.15, -0.1) is 11.8 Å². The van der Waals surface area contributed by atoms with Crippen LogP contribution in [-0.4, -0.2) is 18.8 Å². The van der Waals surface area contributed by atoms with Crippen molar-refractivity contribution >= 4 is 33.6 Å². The second-order valence-electron chi connectivity index (χ2n) is 4.83. The van der Waals surface area contributed by atoms with Crippen LogP contribution < -0.4 is 10.1 Å². The second kappa shape index (κ2) is 8.25. The molecule has 1 amide bonds. The van der Waals surface area contributed by atoms with E-state index in [1.165, 1.54) is 5.56 Å². The molecule has 0 radical (unpaired) electrons. The highest BCUT2D eigenvalue weighted by Gasteiger charge is 2.05. The van der Waals surface area contributed by atoms with Gasteiger partial charge in [0.05, 0.1) is 12.9 Å². The molecule has 0 aromatic heterocycles. The van der Waals surface area contributed by atoms with Crippen molar-refractivity contribution in [2.45, 2.75) is 18.4 Å². The maximum absolute atomic E-state index is 11.9. The topological polar surface area (TPSA) is 38.3 Å². The van der Waals surface area contributed by atoms with Crippen molar-refractivity contribution in [1.29, 1.82) is 0 Å². The number of hydrogen-bond acceptors (Lipinski definition) is 3. The zero-order valence-electron chi connectivity index (χ0n) is 12.6. The first-order valence-electron chi connectivity index (χ1n) is 6.87. The maximum Gasteiger partial charge on any atom is 0.230 e. The number of methoxy groups -OCH3 is 1. The van der Waals surface area contributed by atoms with E-state index < -0.39 is 0 Å². The van der Waals surface area contributed by atoms with E-state index >= 15 is 0 Å². The molecule has 0 bridgehead atoms. The molecule has 0 heterocycles. The van der Waals surface area contributed by atoms with Gasteiger partial charge in [-0.2, -0.15) is 0 Å². The van der Waals surface area contributed by atoms with E-state index in [4.69, 9.17) is 4.74 Å². The lowest BCUT2D eigenvalue weighted by Crippen LogP contribution is -2.24. The lowest BCUT2D eigenvalue weighted by atomic mass is 10.2. The number of halogens is 1. The van der Waals surface area contributed by atoms with Crippen molar-refractivity contribution in [3.8, 4) is 5.75 Å². The van der Waals surface area contributed by atoms with Crippen LogP contribution in [0, 0.1) is 6.92 Å². The summed E-state index contributed by atoms with van der Waals surface area (Å²) in [4.78, 5) is 13.1. The quantitative estimate of drug-likeness (QED) is 0.765. The normalized spacial score (nSPS) is 10.3. The Morgan fingerprint density at radius 1 is 1.27 bits per heavy atom. The molecule has 22 heavy (non-hydrogen) atoms. The predicted molar refractivity (Wildman–Crippen MR) is 94.4 cm³/mol. The molecule has 0 saturated carbocycles. The number of carbonyl (C=O) groups is 1. The molecule has 0 unspecified atom stereocenters. The molecule has 2 aromatic rings. The number of thioether (sulfide) groups is 1. The smallest absolute Gasteiger partial charge is 0.230 e. The summed E-state index contributed by atoms with van der Waals surface area (Å²) in [6.45, 7) is 2.55. The zero-order valence-corrected chi connectivity index (χ0v) is 15.0. The van der Waals surface area contributed by atoms with Gasteiger partial charge < -0.3 is 10.1 Å². The highest BCUT2D eigenvalue weighted by atomic mass is 79.9.